The van der Waals surface area contributed by atoms with Crippen LogP contribution in [0.5, 0.6) is 23.0 Å². The van der Waals surface area contributed by atoms with Gasteiger partial charge in [-0.3, -0.25) is 53.5 Å². The highest BCUT2D eigenvalue weighted by Crippen LogP contribution is 2.32. The van der Waals surface area contributed by atoms with Gasteiger partial charge in [-0.2, -0.15) is 0 Å². The third kappa shape index (κ3) is 50.5. The molecule has 8 rings (SSSR count). The zero-order valence-corrected chi connectivity index (χ0v) is 81.7. The summed E-state index contributed by atoms with van der Waals surface area (Å²) < 4.78 is 26.7. The molecule has 6 N–H and O–H groups in total. The molecule has 23 nitrogen and oxygen atoms in total. The number of Topliss-reactive ketones (excluding diaryl/α,β-unsaturated/α-hetero) is 1. The molecule has 125 heavy (non-hydrogen) atoms. The summed E-state index contributed by atoms with van der Waals surface area (Å²) in [6, 6.07) is 48.4. The fourth-order valence-electron chi connectivity index (χ4n) is 13.8. The summed E-state index contributed by atoms with van der Waals surface area (Å²) in [7, 11) is 9.15. The van der Waals surface area contributed by atoms with Crippen LogP contribution in [0, 0.1) is 39.4 Å². The molecule has 4 amide bonds. The van der Waals surface area contributed by atoms with Crippen molar-refractivity contribution in [3.05, 3.63) is 186 Å². The zero-order valence-electron chi connectivity index (χ0n) is 81.7. The van der Waals surface area contributed by atoms with Crippen LogP contribution in [0.15, 0.2) is 158 Å². The largest absolute Gasteiger partial charge is 0.497 e. The Bertz CT molecular complexity index is 4240. The van der Waals surface area contributed by atoms with Crippen LogP contribution in [0.3, 0.4) is 0 Å². The highest BCUT2D eigenvalue weighted by molar-refractivity contribution is 5.94. The lowest BCUT2D eigenvalue weighted by atomic mass is 9.96. The van der Waals surface area contributed by atoms with E-state index in [2.05, 4.69) is 239 Å². The molecule has 2 heterocycles. The van der Waals surface area contributed by atoms with Crippen LogP contribution in [-0.2, 0) is 48.2 Å². The van der Waals surface area contributed by atoms with Crippen LogP contribution >= 0.6 is 0 Å². The van der Waals surface area contributed by atoms with Gasteiger partial charge in [0.15, 0.2) is 17.3 Å². The second kappa shape index (κ2) is 55.2. The Kier molecular flexibility index (Phi) is 48.5. The van der Waals surface area contributed by atoms with E-state index < -0.39 is 0 Å². The van der Waals surface area contributed by atoms with Crippen molar-refractivity contribution in [3.63, 3.8) is 0 Å². The minimum atomic E-state index is -0.0735. The summed E-state index contributed by atoms with van der Waals surface area (Å²) in [5, 5.41) is 24.4. The van der Waals surface area contributed by atoms with Gasteiger partial charge >= 0.3 is 0 Å². The number of aliphatic hydroxyl groups is 1. The first-order chi connectivity index (χ1) is 58.5. The number of aromatic nitrogens is 1. The molecule has 1 fully saturated rings. The molecule has 7 aromatic rings. The molecule has 0 atom stereocenters. The number of para-hydroxylation sites is 1. The van der Waals surface area contributed by atoms with Gasteiger partial charge in [0.25, 0.3) is 0 Å². The number of ketones is 1. The molecule has 0 saturated carbocycles. The number of carbonyl (C=O) groups is 5. The van der Waals surface area contributed by atoms with Crippen LogP contribution in [-0.4, -0.2) is 224 Å². The number of rotatable bonds is 35. The topological polar surface area (TPSA) is 244 Å². The third-order valence-corrected chi connectivity index (χ3v) is 18.6. The van der Waals surface area contributed by atoms with Crippen molar-refractivity contribution in [1.29, 1.82) is 0 Å². The Morgan fingerprint density at radius 1 is 0.456 bits per heavy atom. The van der Waals surface area contributed by atoms with Gasteiger partial charge in [0.05, 0.1) is 91.4 Å². The maximum absolute atomic E-state index is 12.2. The van der Waals surface area contributed by atoms with Crippen LogP contribution in [0.25, 0.3) is 0 Å². The monoisotopic (exact) mass is 1730 g/mol. The lowest BCUT2D eigenvalue weighted by Gasteiger charge is -2.29. The van der Waals surface area contributed by atoms with Crippen molar-refractivity contribution in [2.75, 3.05) is 191 Å². The van der Waals surface area contributed by atoms with E-state index in [1.165, 1.54) is 16.8 Å². The highest BCUT2D eigenvalue weighted by Gasteiger charge is 2.24. The molecule has 1 aliphatic rings. The van der Waals surface area contributed by atoms with E-state index in [1.807, 2.05) is 154 Å². The second-order valence-electron chi connectivity index (χ2n) is 39.4. The number of likely N-dealkylation sites (N-methyl/N-ethyl adjacent to an activating group) is 5. The van der Waals surface area contributed by atoms with E-state index in [9.17, 15) is 29.1 Å². The van der Waals surface area contributed by atoms with Crippen LogP contribution in [0.4, 0.5) is 34.1 Å². The smallest absolute Gasteiger partial charge is 0.238 e. The number of benzene rings is 6. The minimum Gasteiger partial charge on any atom is -0.497 e. The number of methoxy groups -OCH3 is 2. The maximum atomic E-state index is 12.2. The standard InChI is InChI=1S/C18H29N3O2.C18H30N2O3.C18H24N2.C17H27NO2.C16H26N2O2.C15H24N2O2/c1-18(2,3)14-20(4)13-17(22)19-15-5-7-16(8-6-15)21-9-11-23-12-10-21;1-7-22-15-10-9-14(11-16(15)23-8-2)19-17(21)12-20(6)13-18(3,4)5;1-14-8-5-6-9-15(14)12-17-16(10-7-11-19-17)20-13-18(2,3)4;1-6-18(13-17(2,3)4)12-15(19)11-14-7-9-16(20-5)10-8-14;1-5-18(12-16(2,3)4)10-15(20)17-14-9-7-6-8-13(14)11-19;1-15(2,3)11-17(4)10-14(18)16-12-6-8-13(19-5)9-7-12/h5-8H,9-14H2,1-4H3,(H,19,22);9-11H,7-8,12-13H2,1-6H3,(H,19,21);5-11,20H,12-13H2,1-4H3;7-10H,6,11-13H2,1-5H3;6-9,19H,5,10-12H2,1-4H3,(H,17,20);6-9H,10-11H2,1-5H3,(H,16,18). The average Bonchev–Trinajstić information content (AvgIpc) is 0.856. The van der Waals surface area contributed by atoms with Crippen molar-refractivity contribution in [2.24, 2.45) is 32.5 Å². The Morgan fingerprint density at radius 3 is 1.32 bits per heavy atom. The van der Waals surface area contributed by atoms with Crippen molar-refractivity contribution in [2.45, 2.75) is 179 Å². The van der Waals surface area contributed by atoms with Gasteiger partial charge in [-0.15, -0.1) is 0 Å². The van der Waals surface area contributed by atoms with Gasteiger partial charge in [0.2, 0.25) is 23.6 Å². The molecule has 0 bridgehead atoms. The summed E-state index contributed by atoms with van der Waals surface area (Å²) in [6.45, 7) is 63.0. The lowest BCUT2D eigenvalue weighted by molar-refractivity contribution is -0.120. The van der Waals surface area contributed by atoms with Crippen molar-refractivity contribution < 1.29 is 52.8 Å². The number of ether oxygens (including phenoxy) is 5. The van der Waals surface area contributed by atoms with E-state index in [0.717, 1.165) is 130 Å². The van der Waals surface area contributed by atoms with Gasteiger partial charge in [-0.05, 0) is 195 Å². The van der Waals surface area contributed by atoms with Gasteiger partial charge in [-0.1, -0.05) is 193 Å². The van der Waals surface area contributed by atoms with Gasteiger partial charge in [0, 0.05) is 111 Å². The molecule has 1 aliphatic heterocycles. The lowest BCUT2D eigenvalue weighted by Crippen LogP contribution is -2.38. The molecule has 0 unspecified atom stereocenters. The first-order valence-corrected chi connectivity index (χ1v) is 44.2. The molecule has 694 valence electrons. The highest BCUT2D eigenvalue weighted by atomic mass is 16.5. The fraction of sp³-hybridized carbons (Fsp3) is 0.549. The minimum absolute atomic E-state index is 0.00285. The Morgan fingerprint density at radius 2 is 0.872 bits per heavy atom. The molecule has 0 radical (unpaired) electrons. The number of aliphatic hydroxyl groups excluding tert-OH is 1. The maximum Gasteiger partial charge on any atom is 0.238 e. The number of pyridine rings is 1. The number of aryl methyl sites for hydroxylation is 1. The Hall–Kier alpha value is -9.46. The molecular weight excluding hydrogens is 1570 g/mol. The van der Waals surface area contributed by atoms with E-state index in [0.29, 0.717) is 75.2 Å². The second-order valence-corrected chi connectivity index (χ2v) is 39.4. The molecule has 1 aromatic heterocycles. The van der Waals surface area contributed by atoms with Crippen LogP contribution in [0.2, 0.25) is 0 Å². The molecule has 0 spiro atoms. The Labute approximate surface area is 753 Å². The predicted octanol–water partition coefficient (Wildman–Crippen LogP) is 18.6. The molecule has 0 aliphatic carbocycles. The van der Waals surface area contributed by atoms with E-state index in [-0.39, 0.29) is 68.5 Å². The van der Waals surface area contributed by atoms with Crippen LogP contribution in [0.1, 0.15) is 180 Å². The third-order valence-electron chi connectivity index (χ3n) is 18.6. The number of morpholine rings is 1. The number of nitrogens with one attached hydrogen (secondary N) is 5. The number of amides is 4. The van der Waals surface area contributed by atoms with Gasteiger partial charge in [-0.25, -0.2) is 0 Å². The zero-order chi connectivity index (χ0) is 93.7. The number of hydrogen-bond acceptors (Lipinski definition) is 19. The van der Waals surface area contributed by atoms with Gasteiger partial charge < -0.3 is 60.3 Å². The normalized spacial score (nSPS) is 12.3. The molecule has 6 aromatic carbocycles. The summed E-state index contributed by atoms with van der Waals surface area (Å²) in [5.41, 5.74) is 12.1. The van der Waals surface area contributed by atoms with Crippen molar-refractivity contribution in [3.8, 4) is 23.0 Å². The summed E-state index contributed by atoms with van der Waals surface area (Å²) >= 11 is 0. The fourth-order valence-corrected chi connectivity index (χ4v) is 13.8. The average molecular weight is 1730 g/mol. The SMILES string of the molecule is CCN(CC(=O)Cc1ccc(OC)cc1)CC(C)(C)C.CCN(CC(=O)Nc1ccccc1CO)CC(C)(C)C.CCOc1ccc(NC(=O)CN(C)CC(C)(C)C)cc1OCC.CN(CC(=O)Nc1ccc(N2CCOCC2)cc1)CC(C)(C)C.COc1ccc(NC(=O)CN(C)CC(C)(C)C)cc1.Cc1ccccc1Cc1ncccc1NCC(C)(C)C. The van der Waals surface area contributed by atoms with E-state index in [4.69, 9.17) is 23.7 Å². The first kappa shape index (κ1) is 110. The first-order valence-electron chi connectivity index (χ1n) is 44.2. The molecular formula is C102H160N12O11. The number of carbonyl (C=O) groups excluding carboxylic acids is 5. The van der Waals surface area contributed by atoms with E-state index >= 15 is 0 Å². The Balaban J connectivity index is 0.000000388. The van der Waals surface area contributed by atoms with Gasteiger partial charge in [0.1, 0.15) is 11.5 Å². The number of hydrogen-bond donors (Lipinski definition) is 6. The van der Waals surface area contributed by atoms with Crippen molar-refractivity contribution in [1.82, 2.24) is 29.5 Å². The summed E-state index contributed by atoms with van der Waals surface area (Å²) in [4.78, 5) is 77.7. The quantitative estimate of drug-likeness (QED) is 0.0216. The summed E-state index contributed by atoms with van der Waals surface area (Å²) in [5.74, 6) is 3.15. The van der Waals surface area contributed by atoms with E-state index in [1.54, 1.807) is 20.3 Å². The summed E-state index contributed by atoms with van der Waals surface area (Å²) in [6.07, 6.45) is 3.24. The molecule has 23 heteroatoms. The number of anilines is 6. The number of nitrogens with zero attached hydrogens (tertiary/aromatic N) is 7. The molecule has 1 saturated heterocycles. The van der Waals surface area contributed by atoms with Crippen molar-refractivity contribution >= 4 is 63.5 Å². The predicted molar refractivity (Wildman–Crippen MR) is 520 cm³/mol. The van der Waals surface area contributed by atoms with Crippen LogP contribution < -0.4 is 50.4 Å².